The SMILES string of the molecule is Cc1nn(C)c2nc(N(C)CCN(C)C)c(NC(=O)N(C=O)c3ccc(F)c(C(F)(F)F)c3)cc12. The standard InChI is InChI=1S/C22H25F4N7O2/c1-13-15-11-18(20(28-19(15)32(5)29-13)31(4)9-8-30(2)3)27-21(35)33(12-34)14-6-7-17(23)16(10-14)22(24,25)26/h6-7,10-12H,8-9H2,1-5H3,(H,27,35). The van der Waals surface area contributed by atoms with Gasteiger partial charge in [0.05, 0.1) is 22.6 Å². The number of hydrogen-bond acceptors (Lipinski definition) is 6. The minimum atomic E-state index is -5.00. The maximum Gasteiger partial charge on any atom is 0.419 e. The van der Waals surface area contributed by atoms with Gasteiger partial charge in [0.15, 0.2) is 11.5 Å². The van der Waals surface area contributed by atoms with Gasteiger partial charge in [-0.05, 0) is 45.3 Å². The number of nitrogens with zero attached hydrogens (tertiary/aromatic N) is 6. The van der Waals surface area contributed by atoms with Crippen LogP contribution in [0.5, 0.6) is 0 Å². The minimum Gasteiger partial charge on any atom is -0.357 e. The minimum absolute atomic E-state index is 0.0550. The van der Waals surface area contributed by atoms with E-state index < -0.39 is 29.3 Å². The summed E-state index contributed by atoms with van der Waals surface area (Å²) >= 11 is 0. The monoisotopic (exact) mass is 495 g/mol. The molecule has 0 aliphatic heterocycles. The lowest BCUT2D eigenvalue weighted by atomic mass is 10.1. The summed E-state index contributed by atoms with van der Waals surface area (Å²) in [4.78, 5) is 33.5. The molecular weight excluding hydrogens is 470 g/mol. The van der Waals surface area contributed by atoms with E-state index in [1.807, 2.05) is 19.0 Å². The molecule has 188 valence electrons. The Labute approximate surface area is 198 Å². The summed E-state index contributed by atoms with van der Waals surface area (Å²) in [5.41, 5.74) is -0.598. The highest BCUT2D eigenvalue weighted by Crippen LogP contribution is 2.34. The zero-order valence-corrected chi connectivity index (χ0v) is 19.8. The van der Waals surface area contributed by atoms with E-state index in [1.54, 1.807) is 36.7 Å². The number of hydrogen-bond donors (Lipinski definition) is 1. The summed E-state index contributed by atoms with van der Waals surface area (Å²) in [5, 5.41) is 7.53. The van der Waals surface area contributed by atoms with Crippen LogP contribution in [0.4, 0.5) is 39.5 Å². The van der Waals surface area contributed by atoms with E-state index >= 15 is 0 Å². The van der Waals surface area contributed by atoms with Crippen molar-refractivity contribution in [2.24, 2.45) is 7.05 Å². The van der Waals surface area contributed by atoms with Gasteiger partial charge in [-0.15, -0.1) is 0 Å². The number of amides is 3. The van der Waals surface area contributed by atoms with E-state index in [2.05, 4.69) is 15.4 Å². The number of aryl methyl sites for hydroxylation is 2. The highest BCUT2D eigenvalue weighted by atomic mass is 19.4. The Morgan fingerprint density at radius 1 is 1.17 bits per heavy atom. The van der Waals surface area contributed by atoms with Crippen LogP contribution in [0, 0.1) is 12.7 Å². The molecule has 0 aliphatic carbocycles. The molecule has 0 aliphatic rings. The van der Waals surface area contributed by atoms with Gasteiger partial charge in [0.1, 0.15) is 5.82 Å². The van der Waals surface area contributed by atoms with Crippen molar-refractivity contribution in [3.05, 3.63) is 41.3 Å². The van der Waals surface area contributed by atoms with Crippen molar-refractivity contribution in [3.8, 4) is 0 Å². The molecule has 3 amide bonds. The first-order chi connectivity index (χ1) is 16.3. The molecule has 0 saturated heterocycles. The molecule has 1 aromatic carbocycles. The van der Waals surface area contributed by atoms with Crippen molar-refractivity contribution >= 4 is 40.7 Å². The number of pyridine rings is 1. The van der Waals surface area contributed by atoms with E-state index in [9.17, 15) is 27.2 Å². The molecule has 0 atom stereocenters. The number of anilines is 3. The quantitative estimate of drug-likeness (QED) is 0.398. The summed E-state index contributed by atoms with van der Waals surface area (Å²) in [5.74, 6) is -1.14. The van der Waals surface area contributed by atoms with Crippen LogP contribution in [-0.4, -0.2) is 66.3 Å². The highest BCUT2D eigenvalue weighted by molar-refractivity contribution is 6.13. The normalized spacial score (nSPS) is 11.7. The Bertz CT molecular complexity index is 1260. The lowest BCUT2D eigenvalue weighted by Crippen LogP contribution is -2.35. The molecule has 0 bridgehead atoms. The van der Waals surface area contributed by atoms with Crippen molar-refractivity contribution in [2.45, 2.75) is 13.1 Å². The van der Waals surface area contributed by atoms with Crippen LogP contribution in [0.2, 0.25) is 0 Å². The fraction of sp³-hybridized carbons (Fsp3) is 0.364. The molecule has 1 N–H and O–H groups in total. The topological polar surface area (TPSA) is 86.6 Å². The van der Waals surface area contributed by atoms with E-state index in [-0.39, 0.29) is 12.1 Å². The van der Waals surface area contributed by atoms with Crippen LogP contribution in [0.25, 0.3) is 11.0 Å². The van der Waals surface area contributed by atoms with Crippen LogP contribution < -0.4 is 15.1 Å². The van der Waals surface area contributed by atoms with Crippen LogP contribution in [0.15, 0.2) is 24.3 Å². The van der Waals surface area contributed by atoms with Crippen LogP contribution >= 0.6 is 0 Å². The van der Waals surface area contributed by atoms with Crippen molar-refractivity contribution in [2.75, 3.05) is 49.3 Å². The maximum absolute atomic E-state index is 13.7. The smallest absolute Gasteiger partial charge is 0.357 e. The van der Waals surface area contributed by atoms with Crippen molar-refractivity contribution in [3.63, 3.8) is 0 Å². The molecule has 0 fully saturated rings. The summed E-state index contributed by atoms with van der Waals surface area (Å²) in [6.45, 7) is 2.97. The number of imide groups is 1. The van der Waals surface area contributed by atoms with Gasteiger partial charge >= 0.3 is 12.2 Å². The molecule has 3 aromatic rings. The van der Waals surface area contributed by atoms with Gasteiger partial charge in [-0.1, -0.05) is 0 Å². The van der Waals surface area contributed by atoms with Gasteiger partial charge in [-0.2, -0.15) is 18.3 Å². The van der Waals surface area contributed by atoms with Gasteiger partial charge in [0.2, 0.25) is 6.41 Å². The maximum atomic E-state index is 13.7. The number of likely N-dealkylation sites (N-methyl/N-ethyl adjacent to an activating group) is 2. The molecule has 2 heterocycles. The number of urea groups is 1. The number of carbonyl (C=O) groups is 2. The highest BCUT2D eigenvalue weighted by Gasteiger charge is 2.35. The summed E-state index contributed by atoms with van der Waals surface area (Å²) in [6, 6.07) is 2.47. The van der Waals surface area contributed by atoms with Gasteiger partial charge in [0, 0.05) is 32.6 Å². The predicted molar refractivity (Wildman–Crippen MR) is 124 cm³/mol. The summed E-state index contributed by atoms with van der Waals surface area (Å²) in [6.07, 6.45) is -4.94. The summed E-state index contributed by atoms with van der Waals surface area (Å²) < 4.78 is 54.7. The molecule has 3 rings (SSSR count). The van der Waals surface area contributed by atoms with Crippen LogP contribution in [-0.2, 0) is 18.0 Å². The molecule has 0 saturated carbocycles. The average Bonchev–Trinajstić information content (AvgIpc) is 3.04. The first-order valence-corrected chi connectivity index (χ1v) is 10.5. The first kappa shape index (κ1) is 25.9. The predicted octanol–water partition coefficient (Wildman–Crippen LogP) is 3.63. The molecular formula is C22H25F4N7O2. The fourth-order valence-electron chi connectivity index (χ4n) is 3.45. The second-order valence-electron chi connectivity index (χ2n) is 8.23. The Balaban J connectivity index is 2.02. The number of halogens is 4. The van der Waals surface area contributed by atoms with Crippen molar-refractivity contribution in [1.82, 2.24) is 19.7 Å². The third-order valence-corrected chi connectivity index (χ3v) is 5.32. The van der Waals surface area contributed by atoms with Gasteiger partial charge < -0.3 is 15.1 Å². The number of aromatic nitrogens is 3. The number of benzene rings is 1. The average molecular weight is 495 g/mol. The molecule has 0 radical (unpaired) electrons. The second-order valence-corrected chi connectivity index (χ2v) is 8.23. The van der Waals surface area contributed by atoms with E-state index in [0.29, 0.717) is 52.7 Å². The Morgan fingerprint density at radius 3 is 2.46 bits per heavy atom. The summed E-state index contributed by atoms with van der Waals surface area (Å²) in [7, 11) is 7.30. The Hall–Kier alpha value is -3.74. The van der Waals surface area contributed by atoms with Crippen molar-refractivity contribution in [1.29, 1.82) is 0 Å². The number of rotatable bonds is 7. The van der Waals surface area contributed by atoms with E-state index in [0.717, 1.165) is 6.07 Å². The van der Waals surface area contributed by atoms with Crippen molar-refractivity contribution < 1.29 is 27.2 Å². The number of nitrogens with one attached hydrogen (secondary N) is 1. The molecule has 0 unspecified atom stereocenters. The third kappa shape index (κ3) is 5.50. The molecule has 35 heavy (non-hydrogen) atoms. The molecule has 2 aromatic heterocycles. The van der Waals surface area contributed by atoms with E-state index in [4.69, 9.17) is 0 Å². The zero-order chi connectivity index (χ0) is 26.1. The molecule has 13 heteroatoms. The number of carbonyl (C=O) groups excluding carboxylic acids is 2. The number of fused-ring (bicyclic) bond motifs is 1. The van der Waals surface area contributed by atoms with E-state index in [1.165, 1.54) is 0 Å². The van der Waals surface area contributed by atoms with Gasteiger partial charge in [-0.3, -0.25) is 9.48 Å². The van der Waals surface area contributed by atoms with Gasteiger partial charge in [-0.25, -0.2) is 19.1 Å². The lowest BCUT2D eigenvalue weighted by Gasteiger charge is -2.24. The Morgan fingerprint density at radius 2 is 1.86 bits per heavy atom. The van der Waals surface area contributed by atoms with Crippen LogP contribution in [0.3, 0.4) is 0 Å². The number of alkyl halides is 3. The molecule has 9 nitrogen and oxygen atoms in total. The Kier molecular flexibility index (Phi) is 7.29. The third-order valence-electron chi connectivity index (χ3n) is 5.32. The second kappa shape index (κ2) is 9.86. The van der Waals surface area contributed by atoms with Crippen LogP contribution in [0.1, 0.15) is 11.3 Å². The molecule has 0 spiro atoms. The zero-order valence-electron chi connectivity index (χ0n) is 19.8. The first-order valence-electron chi connectivity index (χ1n) is 10.5. The van der Waals surface area contributed by atoms with Gasteiger partial charge in [0.25, 0.3) is 0 Å². The lowest BCUT2D eigenvalue weighted by molar-refractivity contribution is -0.140. The fourth-order valence-corrected chi connectivity index (χ4v) is 3.45. The largest absolute Gasteiger partial charge is 0.419 e.